The monoisotopic (exact) mass is 497 g/mol. The predicted octanol–water partition coefficient (Wildman–Crippen LogP) is 1.24. The fraction of sp³-hybridized carbons (Fsp3) is 0.947. The van der Waals surface area contributed by atoms with Crippen LogP contribution >= 0.6 is 24.0 Å². The maximum atomic E-state index is 5.74. The molecule has 0 spiro atoms. The largest absolute Gasteiger partial charge is 0.381 e. The van der Waals surface area contributed by atoms with Gasteiger partial charge < -0.3 is 29.9 Å². The fourth-order valence-corrected chi connectivity index (χ4v) is 3.32. The molecule has 0 aromatic carbocycles. The van der Waals surface area contributed by atoms with E-state index in [-0.39, 0.29) is 24.0 Å². The second kappa shape index (κ2) is 15.7. The van der Waals surface area contributed by atoms with Crippen LogP contribution in [0.1, 0.15) is 26.2 Å². The van der Waals surface area contributed by atoms with Gasteiger partial charge in [-0.3, -0.25) is 4.99 Å². The second-order valence-corrected chi connectivity index (χ2v) is 7.34. The lowest BCUT2D eigenvalue weighted by Gasteiger charge is -2.21. The van der Waals surface area contributed by atoms with Crippen molar-refractivity contribution in [3.8, 4) is 0 Å². The van der Waals surface area contributed by atoms with Crippen molar-refractivity contribution in [3.63, 3.8) is 0 Å². The standard InChI is InChI=1S/C19H39N5O2.HI/c1-3-20-19(21-7-4-14-25-16-18-6-15-26-17-18)22-8-11-24-10-5-9-23(2)12-13-24;/h18H,3-17H2,1-2H3,(H2,20,21,22);1H. The summed E-state index contributed by atoms with van der Waals surface area (Å²) >= 11 is 0. The van der Waals surface area contributed by atoms with E-state index in [9.17, 15) is 0 Å². The van der Waals surface area contributed by atoms with Crippen LogP contribution in [0, 0.1) is 5.92 Å². The maximum Gasteiger partial charge on any atom is 0.191 e. The number of rotatable bonds is 10. The van der Waals surface area contributed by atoms with Crippen molar-refractivity contribution in [1.29, 1.82) is 0 Å². The van der Waals surface area contributed by atoms with Crippen molar-refractivity contribution < 1.29 is 9.47 Å². The molecule has 2 aliphatic rings. The Morgan fingerprint density at radius 3 is 2.89 bits per heavy atom. The van der Waals surface area contributed by atoms with E-state index < -0.39 is 0 Å². The minimum absolute atomic E-state index is 0. The summed E-state index contributed by atoms with van der Waals surface area (Å²) < 4.78 is 11.1. The first-order chi connectivity index (χ1) is 12.8. The van der Waals surface area contributed by atoms with Gasteiger partial charge in [0.15, 0.2) is 5.96 Å². The van der Waals surface area contributed by atoms with Crippen molar-refractivity contribution in [3.05, 3.63) is 0 Å². The number of aliphatic imine (C=N–C) groups is 1. The molecule has 0 amide bonds. The van der Waals surface area contributed by atoms with Gasteiger partial charge in [0, 0.05) is 58.4 Å². The van der Waals surface area contributed by atoms with E-state index in [1.54, 1.807) is 0 Å². The number of nitrogens with zero attached hydrogens (tertiary/aromatic N) is 3. The van der Waals surface area contributed by atoms with Gasteiger partial charge in [-0.2, -0.15) is 0 Å². The zero-order valence-corrected chi connectivity index (χ0v) is 19.6. The average Bonchev–Trinajstić information content (AvgIpc) is 3.07. The quantitative estimate of drug-likeness (QED) is 0.205. The highest BCUT2D eigenvalue weighted by atomic mass is 127. The van der Waals surface area contributed by atoms with Gasteiger partial charge in [-0.25, -0.2) is 0 Å². The predicted molar refractivity (Wildman–Crippen MR) is 122 cm³/mol. The van der Waals surface area contributed by atoms with Crippen molar-refractivity contribution in [2.24, 2.45) is 10.9 Å². The van der Waals surface area contributed by atoms with Gasteiger partial charge in [0.1, 0.15) is 0 Å². The number of halogens is 1. The first-order valence-corrected chi connectivity index (χ1v) is 10.4. The van der Waals surface area contributed by atoms with E-state index in [1.165, 1.54) is 26.1 Å². The second-order valence-electron chi connectivity index (χ2n) is 7.34. The van der Waals surface area contributed by atoms with Crippen LogP contribution in [0.3, 0.4) is 0 Å². The SMILES string of the molecule is CCNC(=NCCCOCC1CCOC1)NCCN1CCCN(C)CC1.I. The van der Waals surface area contributed by atoms with Crippen molar-refractivity contribution >= 4 is 29.9 Å². The fourth-order valence-electron chi connectivity index (χ4n) is 3.32. The summed E-state index contributed by atoms with van der Waals surface area (Å²) in [6.07, 6.45) is 3.36. The molecule has 1 unspecified atom stereocenters. The topological polar surface area (TPSA) is 61.4 Å². The molecule has 0 aliphatic carbocycles. The Balaban J connectivity index is 0.00000364. The highest BCUT2D eigenvalue weighted by Gasteiger charge is 2.15. The van der Waals surface area contributed by atoms with E-state index in [4.69, 9.17) is 9.47 Å². The zero-order chi connectivity index (χ0) is 18.5. The van der Waals surface area contributed by atoms with Crippen LogP contribution in [0.2, 0.25) is 0 Å². The van der Waals surface area contributed by atoms with Crippen molar-refractivity contribution in [1.82, 2.24) is 20.4 Å². The van der Waals surface area contributed by atoms with Gasteiger partial charge in [0.2, 0.25) is 0 Å². The highest BCUT2D eigenvalue weighted by molar-refractivity contribution is 14.0. The van der Waals surface area contributed by atoms with Crippen LogP contribution in [-0.2, 0) is 9.47 Å². The van der Waals surface area contributed by atoms with Gasteiger partial charge in [0.05, 0.1) is 13.2 Å². The molecular formula is C19H40IN5O2. The van der Waals surface area contributed by atoms with E-state index >= 15 is 0 Å². The average molecular weight is 497 g/mol. The Bertz CT molecular complexity index is 394. The summed E-state index contributed by atoms with van der Waals surface area (Å²) in [5.41, 5.74) is 0. The molecular weight excluding hydrogens is 457 g/mol. The molecule has 2 N–H and O–H groups in total. The Hall–Kier alpha value is -0.160. The summed E-state index contributed by atoms with van der Waals surface area (Å²) in [6, 6.07) is 0. The lowest BCUT2D eigenvalue weighted by molar-refractivity contribution is 0.0893. The van der Waals surface area contributed by atoms with E-state index in [2.05, 4.69) is 39.4 Å². The van der Waals surface area contributed by atoms with Gasteiger partial charge in [-0.1, -0.05) is 0 Å². The summed E-state index contributed by atoms with van der Waals surface area (Å²) in [5.74, 6) is 1.51. The van der Waals surface area contributed by atoms with Crippen molar-refractivity contribution in [2.75, 3.05) is 85.8 Å². The summed E-state index contributed by atoms with van der Waals surface area (Å²) in [6.45, 7) is 13.9. The molecule has 8 heteroatoms. The highest BCUT2D eigenvalue weighted by Crippen LogP contribution is 2.12. The summed E-state index contributed by atoms with van der Waals surface area (Å²) in [4.78, 5) is 9.62. The molecule has 0 aromatic rings. The Morgan fingerprint density at radius 1 is 1.22 bits per heavy atom. The molecule has 0 bridgehead atoms. The molecule has 7 nitrogen and oxygen atoms in total. The number of hydrogen-bond acceptors (Lipinski definition) is 5. The third kappa shape index (κ3) is 11.4. The normalized spacial score (nSPS) is 22.3. The summed E-state index contributed by atoms with van der Waals surface area (Å²) in [5, 5.41) is 6.79. The number of likely N-dealkylation sites (N-methyl/N-ethyl adjacent to an activating group) is 1. The van der Waals surface area contributed by atoms with Crippen LogP contribution in [0.25, 0.3) is 0 Å². The smallest absolute Gasteiger partial charge is 0.191 e. The van der Waals surface area contributed by atoms with Gasteiger partial charge >= 0.3 is 0 Å². The van der Waals surface area contributed by atoms with Crippen LogP contribution in [0.4, 0.5) is 0 Å². The molecule has 1 atom stereocenters. The van der Waals surface area contributed by atoms with Crippen LogP contribution in [0.5, 0.6) is 0 Å². The number of ether oxygens (including phenoxy) is 2. The summed E-state index contributed by atoms with van der Waals surface area (Å²) in [7, 11) is 2.21. The first-order valence-electron chi connectivity index (χ1n) is 10.4. The molecule has 2 aliphatic heterocycles. The molecule has 0 aromatic heterocycles. The number of hydrogen-bond donors (Lipinski definition) is 2. The van der Waals surface area contributed by atoms with E-state index in [1.807, 2.05) is 0 Å². The van der Waals surface area contributed by atoms with E-state index in [0.29, 0.717) is 5.92 Å². The minimum atomic E-state index is 0. The maximum absolute atomic E-state index is 5.74. The van der Waals surface area contributed by atoms with Crippen LogP contribution in [-0.4, -0.2) is 102 Å². The lowest BCUT2D eigenvalue weighted by atomic mass is 10.1. The Kier molecular flexibility index (Phi) is 14.5. The van der Waals surface area contributed by atoms with Crippen LogP contribution in [0.15, 0.2) is 4.99 Å². The Labute approximate surface area is 182 Å². The number of nitrogens with one attached hydrogen (secondary N) is 2. The van der Waals surface area contributed by atoms with Gasteiger partial charge in [-0.05, 0) is 46.3 Å². The first kappa shape index (κ1) is 24.9. The van der Waals surface area contributed by atoms with Gasteiger partial charge in [0.25, 0.3) is 0 Å². The van der Waals surface area contributed by atoms with E-state index in [0.717, 1.165) is 78.0 Å². The Morgan fingerprint density at radius 2 is 2.11 bits per heavy atom. The minimum Gasteiger partial charge on any atom is -0.381 e. The lowest BCUT2D eigenvalue weighted by Crippen LogP contribution is -2.42. The number of guanidine groups is 1. The van der Waals surface area contributed by atoms with Gasteiger partial charge in [-0.15, -0.1) is 24.0 Å². The zero-order valence-electron chi connectivity index (χ0n) is 17.3. The molecule has 2 heterocycles. The molecule has 0 radical (unpaired) electrons. The molecule has 2 saturated heterocycles. The third-order valence-corrected chi connectivity index (χ3v) is 4.97. The third-order valence-electron chi connectivity index (χ3n) is 4.97. The molecule has 0 saturated carbocycles. The van der Waals surface area contributed by atoms with Crippen LogP contribution < -0.4 is 10.6 Å². The van der Waals surface area contributed by atoms with Crippen molar-refractivity contribution in [2.45, 2.75) is 26.2 Å². The molecule has 27 heavy (non-hydrogen) atoms. The molecule has 160 valence electrons. The molecule has 2 fully saturated rings. The molecule has 2 rings (SSSR count).